The van der Waals surface area contributed by atoms with Gasteiger partial charge < -0.3 is 9.32 Å². The van der Waals surface area contributed by atoms with E-state index in [0.717, 1.165) is 5.56 Å². The van der Waals surface area contributed by atoms with Gasteiger partial charge in [-0.3, -0.25) is 19.8 Å². The Morgan fingerprint density at radius 3 is 2.38 bits per heavy atom. The zero-order chi connectivity index (χ0) is 22.8. The van der Waals surface area contributed by atoms with E-state index in [4.69, 9.17) is 4.42 Å². The third-order valence-electron chi connectivity index (χ3n) is 5.85. The predicted molar refractivity (Wildman–Crippen MR) is 118 cm³/mol. The summed E-state index contributed by atoms with van der Waals surface area (Å²) in [5.41, 5.74) is 1.70. The predicted octanol–water partition coefficient (Wildman–Crippen LogP) is 4.73. The minimum absolute atomic E-state index is 0.00192. The summed E-state index contributed by atoms with van der Waals surface area (Å²) in [4.78, 5) is 27.6. The number of hydrogen-bond donors (Lipinski definition) is 0. The molecule has 8 heteroatoms. The van der Waals surface area contributed by atoms with E-state index in [9.17, 15) is 19.3 Å². The molecule has 7 nitrogen and oxygen atoms in total. The lowest BCUT2D eigenvalue weighted by Gasteiger charge is -2.43. The van der Waals surface area contributed by atoms with E-state index in [1.165, 1.54) is 24.3 Å². The number of hydrogen-bond acceptors (Lipinski definition) is 5. The molecule has 32 heavy (non-hydrogen) atoms. The molecule has 1 aromatic heterocycles. The Balaban J connectivity index is 1.43. The minimum Gasteiger partial charge on any atom is -0.451 e. The Labute approximate surface area is 185 Å². The molecule has 1 fully saturated rings. The van der Waals surface area contributed by atoms with Crippen LogP contribution < -0.4 is 0 Å². The molecule has 0 bridgehead atoms. The average Bonchev–Trinajstić information content (AvgIpc) is 3.27. The zero-order valence-electron chi connectivity index (χ0n) is 17.9. The van der Waals surface area contributed by atoms with Gasteiger partial charge in [-0.1, -0.05) is 12.1 Å². The summed E-state index contributed by atoms with van der Waals surface area (Å²) < 4.78 is 19.0. The number of carbonyl (C=O) groups excluding carboxylic acids is 1. The van der Waals surface area contributed by atoms with Crippen LogP contribution in [0.1, 0.15) is 30.0 Å². The van der Waals surface area contributed by atoms with Crippen molar-refractivity contribution < 1.29 is 18.5 Å². The molecule has 0 radical (unpaired) electrons. The summed E-state index contributed by atoms with van der Waals surface area (Å²) in [5.74, 6) is 0.291. The van der Waals surface area contributed by atoms with Crippen LogP contribution in [0, 0.1) is 15.9 Å². The van der Waals surface area contributed by atoms with Gasteiger partial charge in [0.25, 0.3) is 11.6 Å². The number of benzene rings is 2. The minimum atomic E-state index is -0.459. The van der Waals surface area contributed by atoms with Crippen molar-refractivity contribution >= 4 is 11.6 Å². The van der Waals surface area contributed by atoms with Gasteiger partial charge in [0, 0.05) is 49.4 Å². The Kier molecular flexibility index (Phi) is 6.05. The van der Waals surface area contributed by atoms with Crippen LogP contribution >= 0.6 is 0 Å². The summed E-state index contributed by atoms with van der Waals surface area (Å²) >= 11 is 0. The second kappa shape index (κ2) is 8.92. The van der Waals surface area contributed by atoms with Crippen LogP contribution in [0.15, 0.2) is 65.1 Å². The van der Waals surface area contributed by atoms with Gasteiger partial charge in [0.05, 0.1) is 4.92 Å². The van der Waals surface area contributed by atoms with E-state index in [1.54, 1.807) is 36.4 Å². The highest BCUT2D eigenvalue weighted by Crippen LogP contribution is 2.27. The molecule has 3 aromatic rings. The van der Waals surface area contributed by atoms with E-state index in [2.05, 4.69) is 11.8 Å². The topological polar surface area (TPSA) is 79.8 Å². The van der Waals surface area contributed by atoms with Crippen LogP contribution in [0.25, 0.3) is 11.3 Å². The van der Waals surface area contributed by atoms with Gasteiger partial charge in [-0.05, 0) is 55.8 Å². The number of halogens is 1. The smallest absolute Gasteiger partial charge is 0.289 e. The summed E-state index contributed by atoms with van der Waals surface area (Å²) in [5, 5.41) is 10.8. The van der Waals surface area contributed by atoms with Gasteiger partial charge >= 0.3 is 0 Å². The average molecular weight is 437 g/mol. The Bertz CT molecular complexity index is 1110. The summed E-state index contributed by atoms with van der Waals surface area (Å²) in [6.45, 7) is 6.01. The first kappa shape index (κ1) is 21.7. The van der Waals surface area contributed by atoms with Crippen LogP contribution in [0.4, 0.5) is 10.1 Å². The molecule has 1 aliphatic heterocycles. The Morgan fingerprint density at radius 1 is 1.03 bits per heavy atom. The molecule has 0 aliphatic carbocycles. The van der Waals surface area contributed by atoms with Crippen LogP contribution in [-0.4, -0.2) is 45.8 Å². The zero-order valence-corrected chi connectivity index (χ0v) is 17.9. The monoisotopic (exact) mass is 437 g/mol. The first-order chi connectivity index (χ1) is 15.3. The fourth-order valence-corrected chi connectivity index (χ4v) is 4.02. The second-order valence-corrected chi connectivity index (χ2v) is 8.18. The van der Waals surface area contributed by atoms with Crippen LogP contribution in [-0.2, 0) is 6.54 Å². The van der Waals surface area contributed by atoms with Crippen LogP contribution in [0.3, 0.4) is 0 Å². The van der Waals surface area contributed by atoms with Gasteiger partial charge in [-0.15, -0.1) is 0 Å². The number of rotatable bonds is 5. The first-order valence-corrected chi connectivity index (χ1v) is 10.5. The van der Waals surface area contributed by atoms with Crippen molar-refractivity contribution in [2.75, 3.05) is 13.1 Å². The Hall–Kier alpha value is -3.52. The van der Waals surface area contributed by atoms with Crippen LogP contribution in [0.2, 0.25) is 0 Å². The quantitative estimate of drug-likeness (QED) is 0.426. The molecule has 0 N–H and O–H groups in total. The summed E-state index contributed by atoms with van der Waals surface area (Å²) in [7, 11) is 0. The van der Waals surface area contributed by atoms with Gasteiger partial charge in [0.2, 0.25) is 0 Å². The molecule has 1 aliphatic rings. The fourth-order valence-electron chi connectivity index (χ4n) is 4.02. The molecule has 4 rings (SSSR count). The van der Waals surface area contributed by atoms with Gasteiger partial charge in [0.1, 0.15) is 11.6 Å². The van der Waals surface area contributed by atoms with Gasteiger partial charge in [0.15, 0.2) is 5.76 Å². The molecule has 1 saturated heterocycles. The second-order valence-electron chi connectivity index (χ2n) is 8.18. The maximum atomic E-state index is 13.2. The largest absolute Gasteiger partial charge is 0.451 e. The molecule has 0 unspecified atom stereocenters. The molecule has 1 amide bonds. The normalized spacial score (nSPS) is 19.2. The number of nitro groups is 1. The third kappa shape index (κ3) is 4.55. The van der Waals surface area contributed by atoms with Crippen molar-refractivity contribution in [3.05, 3.63) is 87.9 Å². The molecule has 2 atom stereocenters. The summed E-state index contributed by atoms with van der Waals surface area (Å²) in [6, 6.07) is 16.0. The van der Waals surface area contributed by atoms with Crippen LogP contribution in [0.5, 0.6) is 0 Å². The molecule has 0 saturated carbocycles. The Morgan fingerprint density at radius 2 is 1.72 bits per heavy atom. The van der Waals surface area contributed by atoms with Crippen molar-refractivity contribution in [3.8, 4) is 11.3 Å². The maximum Gasteiger partial charge on any atom is 0.289 e. The molecule has 2 heterocycles. The van der Waals surface area contributed by atoms with Crippen molar-refractivity contribution in [1.82, 2.24) is 9.80 Å². The van der Waals surface area contributed by atoms with Gasteiger partial charge in [-0.25, -0.2) is 4.39 Å². The SMILES string of the molecule is C[C@H]1CN(C(=O)c2ccc(-c3ccc([N+](=O)[O-])cc3)o2)[C@@H](C)CN1Cc1ccc(F)cc1. The number of nitro benzene ring substituents is 1. The first-order valence-electron chi connectivity index (χ1n) is 10.5. The standard InChI is InChI=1S/C24H24FN3O4/c1-16-14-27(17(2)13-26(16)15-18-3-7-20(25)8-4-18)24(29)23-12-11-22(32-23)19-5-9-21(10-6-19)28(30)31/h3-12,16-17H,13-15H2,1-2H3/t16-,17-/m0/s1. The highest BCUT2D eigenvalue weighted by Gasteiger charge is 2.33. The van der Waals surface area contributed by atoms with E-state index in [-0.39, 0.29) is 35.3 Å². The highest BCUT2D eigenvalue weighted by molar-refractivity contribution is 5.92. The van der Waals surface area contributed by atoms with E-state index >= 15 is 0 Å². The third-order valence-corrected chi connectivity index (χ3v) is 5.85. The molecular formula is C24H24FN3O4. The fraction of sp³-hybridized carbons (Fsp3) is 0.292. The summed E-state index contributed by atoms with van der Waals surface area (Å²) in [6.07, 6.45) is 0. The lowest BCUT2D eigenvalue weighted by atomic mass is 10.1. The molecule has 166 valence electrons. The number of furan rings is 1. The van der Waals surface area contributed by atoms with Crippen molar-refractivity contribution in [2.45, 2.75) is 32.5 Å². The van der Waals surface area contributed by atoms with Crippen molar-refractivity contribution in [3.63, 3.8) is 0 Å². The number of non-ortho nitro benzene ring substituents is 1. The number of nitrogens with zero attached hydrogens (tertiary/aromatic N) is 3. The lowest BCUT2D eigenvalue weighted by molar-refractivity contribution is -0.384. The molecule has 2 aromatic carbocycles. The number of carbonyl (C=O) groups is 1. The van der Waals surface area contributed by atoms with Crippen molar-refractivity contribution in [2.24, 2.45) is 0 Å². The van der Waals surface area contributed by atoms with Crippen molar-refractivity contribution in [1.29, 1.82) is 0 Å². The highest BCUT2D eigenvalue weighted by atomic mass is 19.1. The van der Waals surface area contributed by atoms with Gasteiger partial charge in [-0.2, -0.15) is 0 Å². The van der Waals surface area contributed by atoms with E-state index in [1.807, 2.05) is 11.8 Å². The van der Waals surface area contributed by atoms with E-state index in [0.29, 0.717) is 31.0 Å². The maximum absolute atomic E-state index is 13.2. The lowest BCUT2D eigenvalue weighted by Crippen LogP contribution is -2.57. The number of amides is 1. The van der Waals surface area contributed by atoms with E-state index < -0.39 is 4.92 Å². The molecular weight excluding hydrogens is 413 g/mol. The molecule has 0 spiro atoms. The number of piperazine rings is 1.